The van der Waals surface area contributed by atoms with Crippen LogP contribution in [0, 0.1) is 5.92 Å². The zero-order valence-electron chi connectivity index (χ0n) is 12.2. The molecule has 2 aliphatic heterocycles. The number of amides is 1. The molecule has 0 spiro atoms. The second-order valence-electron chi connectivity index (χ2n) is 6.19. The summed E-state index contributed by atoms with van der Waals surface area (Å²) in [5, 5.41) is 6.36. The number of nitrogens with one attached hydrogen (secondary N) is 2. The zero-order valence-corrected chi connectivity index (χ0v) is 12.2. The molecule has 0 radical (unpaired) electrons. The van der Waals surface area contributed by atoms with Crippen LogP contribution in [0.25, 0.3) is 0 Å². The van der Waals surface area contributed by atoms with Gasteiger partial charge in [-0.25, -0.2) is 0 Å². The number of nitrogens with zero attached hydrogens (tertiary/aromatic N) is 1. The van der Waals surface area contributed by atoms with Gasteiger partial charge in [0.15, 0.2) is 0 Å². The molecule has 5 heteroatoms. The van der Waals surface area contributed by atoms with E-state index in [1.807, 2.05) is 0 Å². The Hall–Kier alpha value is -0.650. The van der Waals surface area contributed by atoms with Crippen molar-refractivity contribution >= 4 is 5.91 Å². The second kappa shape index (κ2) is 6.68. The highest BCUT2D eigenvalue weighted by molar-refractivity contribution is 5.78. The lowest BCUT2D eigenvalue weighted by Crippen LogP contribution is -2.55. The van der Waals surface area contributed by atoms with Gasteiger partial charge >= 0.3 is 0 Å². The molecule has 0 aliphatic carbocycles. The van der Waals surface area contributed by atoms with Crippen molar-refractivity contribution in [3.63, 3.8) is 0 Å². The second-order valence-corrected chi connectivity index (χ2v) is 6.19. The molecule has 0 aromatic rings. The number of hydrogen-bond acceptors (Lipinski definition) is 4. The molecule has 110 valence electrons. The van der Waals surface area contributed by atoms with Crippen LogP contribution < -0.4 is 10.6 Å². The molecule has 19 heavy (non-hydrogen) atoms. The highest BCUT2D eigenvalue weighted by Gasteiger charge is 2.30. The molecule has 0 aromatic heterocycles. The van der Waals surface area contributed by atoms with E-state index in [2.05, 4.69) is 29.4 Å². The summed E-state index contributed by atoms with van der Waals surface area (Å²) in [5.41, 5.74) is 0.0787. The summed E-state index contributed by atoms with van der Waals surface area (Å²) < 4.78 is 5.50. The first-order valence-corrected chi connectivity index (χ1v) is 7.41. The molecule has 0 aromatic carbocycles. The van der Waals surface area contributed by atoms with Crippen LogP contribution in [0.3, 0.4) is 0 Å². The highest BCUT2D eigenvalue weighted by Crippen LogP contribution is 2.18. The zero-order chi connectivity index (χ0) is 13.7. The highest BCUT2D eigenvalue weighted by atomic mass is 16.5. The van der Waals surface area contributed by atoms with Gasteiger partial charge in [-0.2, -0.15) is 0 Å². The van der Waals surface area contributed by atoms with Gasteiger partial charge in [0.2, 0.25) is 5.91 Å². The minimum Gasteiger partial charge on any atom is -0.378 e. The Kier molecular flexibility index (Phi) is 5.19. The van der Waals surface area contributed by atoms with Gasteiger partial charge in [-0.15, -0.1) is 0 Å². The van der Waals surface area contributed by atoms with Gasteiger partial charge < -0.3 is 15.4 Å². The third-order valence-corrected chi connectivity index (χ3v) is 4.17. The van der Waals surface area contributed by atoms with Crippen molar-refractivity contribution in [2.24, 2.45) is 5.92 Å². The van der Waals surface area contributed by atoms with E-state index in [-0.39, 0.29) is 17.4 Å². The van der Waals surface area contributed by atoms with Crippen molar-refractivity contribution in [1.82, 2.24) is 15.5 Å². The number of hydrogen-bond donors (Lipinski definition) is 2. The molecule has 2 aliphatic rings. The first-order chi connectivity index (χ1) is 9.09. The van der Waals surface area contributed by atoms with Gasteiger partial charge in [-0.05, 0) is 33.2 Å². The van der Waals surface area contributed by atoms with Crippen molar-refractivity contribution in [2.45, 2.75) is 32.2 Å². The molecule has 2 fully saturated rings. The molecular weight excluding hydrogens is 242 g/mol. The van der Waals surface area contributed by atoms with E-state index in [1.54, 1.807) is 0 Å². The van der Waals surface area contributed by atoms with Crippen LogP contribution in [-0.2, 0) is 9.53 Å². The maximum atomic E-state index is 12.0. The number of rotatable bonds is 4. The van der Waals surface area contributed by atoms with Crippen molar-refractivity contribution in [3.05, 3.63) is 0 Å². The number of ether oxygens (including phenoxy) is 1. The molecule has 2 saturated heterocycles. The van der Waals surface area contributed by atoms with Gasteiger partial charge in [0, 0.05) is 31.7 Å². The minimum atomic E-state index is 0.0787. The number of piperidine rings is 1. The van der Waals surface area contributed by atoms with Crippen LogP contribution in [-0.4, -0.2) is 62.3 Å². The fraction of sp³-hybridized carbons (Fsp3) is 0.929. The topological polar surface area (TPSA) is 53.6 Å². The SMILES string of the molecule is CC1(C)COCCN1CCNC(=O)C1CCCNC1. The molecule has 2 rings (SSSR count). The number of morpholine rings is 1. The van der Waals surface area contributed by atoms with Crippen molar-refractivity contribution in [2.75, 3.05) is 45.9 Å². The quantitative estimate of drug-likeness (QED) is 0.766. The lowest BCUT2D eigenvalue weighted by atomic mass is 9.99. The first kappa shape index (κ1) is 14.8. The standard InChI is InChI=1S/C14H27N3O2/c1-14(2)11-19-9-8-17(14)7-6-16-13(18)12-4-3-5-15-10-12/h12,15H,3-11H2,1-2H3,(H,16,18). The Morgan fingerprint density at radius 1 is 1.53 bits per heavy atom. The number of carbonyl (C=O) groups is 1. The maximum Gasteiger partial charge on any atom is 0.224 e. The molecule has 1 unspecified atom stereocenters. The van der Waals surface area contributed by atoms with Crippen molar-refractivity contribution in [1.29, 1.82) is 0 Å². The molecule has 5 nitrogen and oxygen atoms in total. The van der Waals surface area contributed by atoms with E-state index >= 15 is 0 Å². The largest absolute Gasteiger partial charge is 0.378 e. The van der Waals surface area contributed by atoms with Crippen LogP contribution in [0.15, 0.2) is 0 Å². The number of carbonyl (C=O) groups excluding carboxylic acids is 1. The van der Waals surface area contributed by atoms with Gasteiger partial charge in [-0.1, -0.05) is 0 Å². The van der Waals surface area contributed by atoms with E-state index in [9.17, 15) is 4.79 Å². The normalized spacial score (nSPS) is 28.0. The van der Waals surface area contributed by atoms with Crippen LogP contribution in [0.1, 0.15) is 26.7 Å². The monoisotopic (exact) mass is 269 g/mol. The average molecular weight is 269 g/mol. The van der Waals surface area contributed by atoms with E-state index in [0.717, 1.165) is 58.8 Å². The average Bonchev–Trinajstić information content (AvgIpc) is 2.41. The van der Waals surface area contributed by atoms with Crippen molar-refractivity contribution in [3.8, 4) is 0 Å². The molecule has 0 saturated carbocycles. The first-order valence-electron chi connectivity index (χ1n) is 7.41. The Labute approximate surface area is 116 Å². The minimum absolute atomic E-state index is 0.0787. The predicted molar refractivity (Wildman–Crippen MR) is 75.1 cm³/mol. The summed E-state index contributed by atoms with van der Waals surface area (Å²) in [6.45, 7) is 10.4. The van der Waals surface area contributed by atoms with Crippen LogP contribution in [0.5, 0.6) is 0 Å². The van der Waals surface area contributed by atoms with Crippen LogP contribution in [0.4, 0.5) is 0 Å². The Balaban J connectivity index is 1.69. The van der Waals surface area contributed by atoms with Crippen molar-refractivity contribution < 1.29 is 9.53 Å². The smallest absolute Gasteiger partial charge is 0.224 e. The third-order valence-electron chi connectivity index (χ3n) is 4.17. The lowest BCUT2D eigenvalue weighted by Gasteiger charge is -2.42. The Morgan fingerprint density at radius 2 is 2.37 bits per heavy atom. The van der Waals surface area contributed by atoms with E-state index in [1.165, 1.54) is 0 Å². The summed E-state index contributed by atoms with van der Waals surface area (Å²) in [6, 6.07) is 0. The van der Waals surface area contributed by atoms with Crippen LogP contribution in [0.2, 0.25) is 0 Å². The van der Waals surface area contributed by atoms with Gasteiger partial charge in [-0.3, -0.25) is 9.69 Å². The summed E-state index contributed by atoms with van der Waals surface area (Å²) >= 11 is 0. The summed E-state index contributed by atoms with van der Waals surface area (Å²) in [7, 11) is 0. The summed E-state index contributed by atoms with van der Waals surface area (Å²) in [4.78, 5) is 14.4. The Morgan fingerprint density at radius 3 is 3.05 bits per heavy atom. The molecule has 0 bridgehead atoms. The Bertz CT molecular complexity index is 301. The molecule has 1 atom stereocenters. The maximum absolute atomic E-state index is 12.0. The molecular formula is C14H27N3O2. The van der Waals surface area contributed by atoms with E-state index in [0.29, 0.717) is 0 Å². The van der Waals surface area contributed by atoms with Crippen LogP contribution >= 0.6 is 0 Å². The third kappa shape index (κ3) is 4.16. The lowest BCUT2D eigenvalue weighted by molar-refractivity contribution is -0.125. The summed E-state index contributed by atoms with van der Waals surface area (Å²) in [6.07, 6.45) is 2.12. The fourth-order valence-corrected chi connectivity index (χ4v) is 2.84. The van der Waals surface area contributed by atoms with Gasteiger partial charge in [0.25, 0.3) is 0 Å². The summed E-state index contributed by atoms with van der Waals surface area (Å²) in [5.74, 6) is 0.365. The molecule has 1 amide bonds. The van der Waals surface area contributed by atoms with Gasteiger partial charge in [0.05, 0.1) is 19.1 Å². The molecule has 2 N–H and O–H groups in total. The van der Waals surface area contributed by atoms with Gasteiger partial charge in [0.1, 0.15) is 0 Å². The molecule has 2 heterocycles. The predicted octanol–water partition coefficient (Wildman–Crippen LogP) is 0.213. The fourth-order valence-electron chi connectivity index (χ4n) is 2.84. The van der Waals surface area contributed by atoms with E-state index in [4.69, 9.17) is 4.74 Å². The van der Waals surface area contributed by atoms with E-state index < -0.39 is 0 Å².